The second-order valence-electron chi connectivity index (χ2n) is 4.02. The summed E-state index contributed by atoms with van der Waals surface area (Å²) in [5.41, 5.74) is 0.677. The first-order valence-electron chi connectivity index (χ1n) is 5.84. The van der Waals surface area contributed by atoms with E-state index in [4.69, 9.17) is 12.2 Å². The van der Waals surface area contributed by atoms with Crippen LogP contribution in [0, 0.1) is 5.82 Å². The van der Waals surface area contributed by atoms with Crippen molar-refractivity contribution in [3.63, 3.8) is 0 Å². The fourth-order valence-electron chi connectivity index (χ4n) is 1.65. The number of fused-ring (bicyclic) bond motifs is 1. The summed E-state index contributed by atoms with van der Waals surface area (Å²) < 4.78 is 13.8. The molecule has 0 atom stereocenters. The van der Waals surface area contributed by atoms with E-state index in [1.807, 2.05) is 5.38 Å². The first-order valence-corrected chi connectivity index (χ1v) is 7.94. The van der Waals surface area contributed by atoms with Crippen LogP contribution in [0.4, 0.5) is 9.52 Å². The number of thiocarbonyl (C=S) groups is 1. The SMILES string of the molecule is O=C(NC(=S)Nc1nc2ccc(F)cc2s1)c1cccs1. The molecule has 0 spiro atoms. The first kappa shape index (κ1) is 14.1. The Morgan fingerprint density at radius 1 is 1.33 bits per heavy atom. The molecule has 0 bridgehead atoms. The van der Waals surface area contributed by atoms with Crippen LogP contribution < -0.4 is 10.6 Å². The molecule has 2 aromatic heterocycles. The van der Waals surface area contributed by atoms with Crippen LogP contribution in [-0.4, -0.2) is 16.0 Å². The minimum Gasteiger partial charge on any atom is -0.308 e. The van der Waals surface area contributed by atoms with Gasteiger partial charge in [0, 0.05) is 0 Å². The predicted molar refractivity (Wildman–Crippen MR) is 87.6 cm³/mol. The van der Waals surface area contributed by atoms with Gasteiger partial charge < -0.3 is 5.32 Å². The smallest absolute Gasteiger partial charge is 0.267 e. The van der Waals surface area contributed by atoms with Crippen molar-refractivity contribution in [2.45, 2.75) is 0 Å². The molecule has 0 radical (unpaired) electrons. The van der Waals surface area contributed by atoms with E-state index in [0.29, 0.717) is 20.2 Å². The van der Waals surface area contributed by atoms with Crippen LogP contribution in [0.15, 0.2) is 35.7 Å². The maximum absolute atomic E-state index is 13.1. The van der Waals surface area contributed by atoms with E-state index in [9.17, 15) is 9.18 Å². The summed E-state index contributed by atoms with van der Waals surface area (Å²) in [5, 5.41) is 7.88. The zero-order chi connectivity index (χ0) is 14.8. The number of nitrogens with zero attached hydrogens (tertiary/aromatic N) is 1. The molecule has 3 rings (SSSR count). The molecule has 106 valence electrons. The highest BCUT2D eigenvalue weighted by Gasteiger charge is 2.10. The topological polar surface area (TPSA) is 54.0 Å². The van der Waals surface area contributed by atoms with Crippen molar-refractivity contribution in [1.29, 1.82) is 0 Å². The van der Waals surface area contributed by atoms with Crippen LogP contribution in [0.25, 0.3) is 10.2 Å². The van der Waals surface area contributed by atoms with E-state index in [1.54, 1.807) is 18.2 Å². The number of nitrogens with one attached hydrogen (secondary N) is 2. The van der Waals surface area contributed by atoms with Gasteiger partial charge in [-0.05, 0) is 41.9 Å². The van der Waals surface area contributed by atoms with Gasteiger partial charge in [-0.2, -0.15) is 0 Å². The maximum atomic E-state index is 13.1. The van der Waals surface area contributed by atoms with E-state index >= 15 is 0 Å². The summed E-state index contributed by atoms with van der Waals surface area (Å²) in [4.78, 5) is 16.7. The summed E-state index contributed by atoms with van der Waals surface area (Å²) in [5.74, 6) is -0.582. The lowest BCUT2D eigenvalue weighted by molar-refractivity contribution is 0.0981. The number of thiophene rings is 1. The van der Waals surface area contributed by atoms with Crippen LogP contribution in [0.2, 0.25) is 0 Å². The quantitative estimate of drug-likeness (QED) is 0.701. The number of anilines is 1. The second kappa shape index (κ2) is 5.84. The van der Waals surface area contributed by atoms with Crippen LogP contribution >= 0.6 is 34.9 Å². The van der Waals surface area contributed by atoms with Gasteiger partial charge in [0.2, 0.25) is 0 Å². The lowest BCUT2D eigenvalue weighted by Crippen LogP contribution is -2.33. The van der Waals surface area contributed by atoms with E-state index < -0.39 is 0 Å². The third-order valence-corrected chi connectivity index (χ3v) is 4.55. The van der Waals surface area contributed by atoms with Gasteiger partial charge in [0.05, 0.1) is 15.1 Å². The van der Waals surface area contributed by atoms with Crippen molar-refractivity contribution in [3.8, 4) is 0 Å². The van der Waals surface area contributed by atoms with Crippen molar-refractivity contribution < 1.29 is 9.18 Å². The first-order chi connectivity index (χ1) is 10.1. The summed E-state index contributed by atoms with van der Waals surface area (Å²) in [6, 6.07) is 7.86. The monoisotopic (exact) mass is 337 g/mol. The molecule has 1 aromatic carbocycles. The van der Waals surface area contributed by atoms with Gasteiger partial charge in [-0.3, -0.25) is 10.1 Å². The number of amides is 1. The normalized spacial score (nSPS) is 10.5. The number of hydrogen-bond donors (Lipinski definition) is 2. The van der Waals surface area contributed by atoms with Crippen LogP contribution in [0.5, 0.6) is 0 Å². The molecule has 2 N–H and O–H groups in total. The number of benzene rings is 1. The Labute approximate surface area is 132 Å². The third kappa shape index (κ3) is 3.23. The lowest BCUT2D eigenvalue weighted by Gasteiger charge is -2.05. The number of carbonyl (C=O) groups excluding carboxylic acids is 1. The molecule has 0 aliphatic rings. The van der Waals surface area contributed by atoms with Crippen LogP contribution in [0.3, 0.4) is 0 Å². The molecular weight excluding hydrogens is 329 g/mol. The highest BCUT2D eigenvalue weighted by molar-refractivity contribution is 7.80. The highest BCUT2D eigenvalue weighted by Crippen LogP contribution is 2.26. The maximum Gasteiger partial charge on any atom is 0.267 e. The Hall–Kier alpha value is -1.90. The second-order valence-corrected chi connectivity index (χ2v) is 6.40. The van der Waals surface area contributed by atoms with Gasteiger partial charge in [-0.15, -0.1) is 11.3 Å². The van der Waals surface area contributed by atoms with Crippen molar-refractivity contribution in [3.05, 3.63) is 46.4 Å². The van der Waals surface area contributed by atoms with E-state index in [1.165, 1.54) is 34.8 Å². The highest BCUT2D eigenvalue weighted by atomic mass is 32.1. The molecule has 3 aromatic rings. The molecule has 4 nitrogen and oxygen atoms in total. The molecule has 0 aliphatic carbocycles. The van der Waals surface area contributed by atoms with E-state index in [-0.39, 0.29) is 16.8 Å². The summed E-state index contributed by atoms with van der Waals surface area (Å²) >= 11 is 7.67. The number of halogens is 1. The number of aromatic nitrogens is 1. The fraction of sp³-hybridized carbons (Fsp3) is 0. The van der Waals surface area contributed by atoms with Crippen LogP contribution in [0.1, 0.15) is 9.67 Å². The average molecular weight is 337 g/mol. The third-order valence-electron chi connectivity index (χ3n) is 2.54. The number of rotatable bonds is 2. The Morgan fingerprint density at radius 3 is 2.95 bits per heavy atom. The Kier molecular flexibility index (Phi) is 3.91. The molecule has 2 heterocycles. The van der Waals surface area contributed by atoms with Gasteiger partial charge >= 0.3 is 0 Å². The van der Waals surface area contributed by atoms with Gasteiger partial charge in [-0.25, -0.2) is 9.37 Å². The van der Waals surface area contributed by atoms with Crippen molar-refractivity contribution in [2.75, 3.05) is 5.32 Å². The summed E-state index contributed by atoms with van der Waals surface area (Å²) in [6.07, 6.45) is 0. The number of thiazole rings is 1. The standard InChI is InChI=1S/C13H8FN3OS3/c14-7-3-4-8-10(6-7)21-13(15-8)17-12(19)16-11(18)9-2-1-5-20-9/h1-6H,(H2,15,16,17,18,19). The zero-order valence-corrected chi connectivity index (χ0v) is 12.9. The van der Waals surface area contributed by atoms with Gasteiger partial charge in [0.25, 0.3) is 5.91 Å². The Morgan fingerprint density at radius 2 is 2.19 bits per heavy atom. The summed E-state index contributed by atoms with van der Waals surface area (Å²) in [6.45, 7) is 0. The van der Waals surface area contributed by atoms with Crippen molar-refractivity contribution in [2.24, 2.45) is 0 Å². The lowest BCUT2D eigenvalue weighted by atomic mass is 10.3. The van der Waals surface area contributed by atoms with Gasteiger partial charge in [-0.1, -0.05) is 17.4 Å². The van der Waals surface area contributed by atoms with E-state index in [0.717, 1.165) is 0 Å². The molecule has 0 saturated heterocycles. The van der Waals surface area contributed by atoms with E-state index in [2.05, 4.69) is 15.6 Å². The Bertz CT molecular complexity index is 813. The molecule has 0 fully saturated rings. The molecule has 0 saturated carbocycles. The fourth-order valence-corrected chi connectivity index (χ4v) is 3.42. The number of hydrogen-bond acceptors (Lipinski definition) is 5. The molecule has 0 unspecified atom stereocenters. The largest absolute Gasteiger partial charge is 0.308 e. The predicted octanol–water partition coefficient (Wildman–Crippen LogP) is 3.62. The average Bonchev–Trinajstić information content (AvgIpc) is 3.06. The minimum absolute atomic E-state index is 0.160. The van der Waals surface area contributed by atoms with Gasteiger partial charge in [0.1, 0.15) is 5.82 Å². The summed E-state index contributed by atoms with van der Waals surface area (Å²) in [7, 11) is 0. The zero-order valence-electron chi connectivity index (χ0n) is 10.4. The molecule has 0 aliphatic heterocycles. The molecule has 1 amide bonds. The molecular formula is C13H8FN3OS3. The Balaban J connectivity index is 1.70. The van der Waals surface area contributed by atoms with Gasteiger partial charge in [0.15, 0.2) is 10.2 Å². The van der Waals surface area contributed by atoms with Crippen molar-refractivity contribution >= 4 is 61.3 Å². The van der Waals surface area contributed by atoms with Crippen LogP contribution in [-0.2, 0) is 0 Å². The minimum atomic E-state index is -0.314. The molecule has 8 heteroatoms. The number of carbonyl (C=O) groups is 1. The molecule has 21 heavy (non-hydrogen) atoms. The van der Waals surface area contributed by atoms with Crippen molar-refractivity contribution in [1.82, 2.24) is 10.3 Å².